The van der Waals surface area contributed by atoms with Crippen LogP contribution in [0.4, 0.5) is 0 Å². The molecule has 24 heavy (non-hydrogen) atoms. The number of hydrogen-bond donors (Lipinski definition) is 3. The van der Waals surface area contributed by atoms with Crippen molar-refractivity contribution in [3.05, 3.63) is 33.1 Å². The van der Waals surface area contributed by atoms with Crippen LogP contribution in [-0.2, 0) is 20.0 Å². The second-order valence-corrected chi connectivity index (χ2v) is 5.66. The van der Waals surface area contributed by atoms with E-state index in [2.05, 4.69) is 0 Å². The summed E-state index contributed by atoms with van der Waals surface area (Å²) >= 11 is 0. The number of carbonyl (C=O) groups is 1. The number of hydrogen-bond acceptors (Lipinski definition) is 8. The Morgan fingerprint density at radius 1 is 1.54 bits per heavy atom. The van der Waals surface area contributed by atoms with Crippen molar-refractivity contribution in [3.8, 4) is 6.07 Å². The molecule has 0 saturated carbocycles. The second-order valence-electron chi connectivity index (χ2n) is 5.66. The van der Waals surface area contributed by atoms with Crippen molar-refractivity contribution in [2.24, 2.45) is 5.92 Å². The van der Waals surface area contributed by atoms with Gasteiger partial charge < -0.3 is 19.7 Å². The minimum absolute atomic E-state index is 0.406. The predicted molar refractivity (Wildman–Crippen MR) is 77.6 cm³/mol. The van der Waals surface area contributed by atoms with E-state index in [1.807, 2.05) is 4.98 Å². The number of H-pyrrole nitrogens is 1. The highest BCUT2D eigenvalue weighted by Gasteiger charge is 2.57. The molecule has 0 aromatic carbocycles. The van der Waals surface area contributed by atoms with Gasteiger partial charge in [-0.05, 0) is 0 Å². The number of aliphatic hydroxyl groups is 2. The zero-order valence-electron chi connectivity index (χ0n) is 13.0. The van der Waals surface area contributed by atoms with Crippen LogP contribution in [0.5, 0.6) is 0 Å². The molecule has 1 aromatic rings. The minimum Gasteiger partial charge on any atom is -0.463 e. The van der Waals surface area contributed by atoms with Gasteiger partial charge in [0, 0.05) is 12.3 Å². The monoisotopic (exact) mass is 339 g/mol. The van der Waals surface area contributed by atoms with Crippen LogP contribution < -0.4 is 11.2 Å². The Balaban J connectivity index is 2.32. The first-order chi connectivity index (χ1) is 11.2. The molecule has 3 N–H and O–H groups in total. The molecule has 4 atom stereocenters. The fourth-order valence-electron chi connectivity index (χ4n) is 2.29. The number of aromatic nitrogens is 2. The van der Waals surface area contributed by atoms with Gasteiger partial charge in [-0.3, -0.25) is 19.1 Å². The standard InChI is InChI=1S/C14H17N3O7/c1-7(2)12(21)23-5-8-10(19)11(20)14(6-15,24-8)17-4-3-9(18)16-13(17)22/h3-4,7-8,10-11,19-20H,5H2,1-2H3,(H,16,18,22). The molecule has 1 aromatic heterocycles. The van der Waals surface area contributed by atoms with Crippen molar-refractivity contribution in [1.29, 1.82) is 5.26 Å². The lowest BCUT2D eigenvalue weighted by molar-refractivity contribution is -0.157. The summed E-state index contributed by atoms with van der Waals surface area (Å²) in [5.41, 5.74) is -3.94. The van der Waals surface area contributed by atoms with Crippen LogP contribution in [0, 0.1) is 17.2 Å². The highest BCUT2D eigenvalue weighted by Crippen LogP contribution is 2.34. The molecule has 2 heterocycles. The van der Waals surface area contributed by atoms with E-state index in [1.54, 1.807) is 19.9 Å². The number of carbonyl (C=O) groups excluding carboxylic acids is 1. The predicted octanol–water partition coefficient (Wildman–Crippen LogP) is -1.97. The number of esters is 1. The van der Waals surface area contributed by atoms with E-state index < -0.39 is 53.8 Å². The summed E-state index contributed by atoms with van der Waals surface area (Å²) in [5, 5.41) is 29.7. The lowest BCUT2D eigenvalue weighted by Crippen LogP contribution is -2.50. The average molecular weight is 339 g/mol. The van der Waals surface area contributed by atoms with Crippen LogP contribution in [0.25, 0.3) is 0 Å². The zero-order valence-corrected chi connectivity index (χ0v) is 13.0. The molecular weight excluding hydrogens is 322 g/mol. The Hall–Kier alpha value is -2.48. The van der Waals surface area contributed by atoms with Gasteiger partial charge in [0.15, 0.2) is 0 Å². The number of rotatable bonds is 4. The summed E-state index contributed by atoms with van der Waals surface area (Å²) in [7, 11) is 0. The van der Waals surface area contributed by atoms with E-state index >= 15 is 0 Å². The molecule has 10 heteroatoms. The Labute approximate surface area is 135 Å². The SMILES string of the molecule is CC(C)C(=O)OCC1OC(C#N)(n2ccc(=O)[nH]c2=O)C(O)C1O. The van der Waals surface area contributed by atoms with Crippen molar-refractivity contribution in [2.45, 2.75) is 37.9 Å². The Bertz CT molecular complexity index is 778. The highest BCUT2D eigenvalue weighted by molar-refractivity contribution is 5.71. The number of nitrogens with zero attached hydrogens (tertiary/aromatic N) is 2. The third kappa shape index (κ3) is 2.96. The van der Waals surface area contributed by atoms with Gasteiger partial charge >= 0.3 is 11.7 Å². The molecule has 1 aliphatic rings. The summed E-state index contributed by atoms with van der Waals surface area (Å²) in [5.74, 6) is -0.952. The van der Waals surface area contributed by atoms with Crippen molar-refractivity contribution >= 4 is 5.97 Å². The topological polar surface area (TPSA) is 155 Å². The van der Waals surface area contributed by atoms with Crippen molar-refractivity contribution in [3.63, 3.8) is 0 Å². The third-order valence-corrected chi connectivity index (χ3v) is 3.64. The van der Waals surface area contributed by atoms with Crippen LogP contribution in [0.1, 0.15) is 13.8 Å². The number of nitrogens with one attached hydrogen (secondary N) is 1. The molecule has 2 rings (SSSR count). The van der Waals surface area contributed by atoms with E-state index in [-0.39, 0.29) is 0 Å². The Morgan fingerprint density at radius 3 is 2.75 bits per heavy atom. The molecule has 1 aliphatic heterocycles. The van der Waals surface area contributed by atoms with E-state index in [1.165, 1.54) is 0 Å². The highest BCUT2D eigenvalue weighted by atomic mass is 16.6. The molecule has 1 fully saturated rings. The molecule has 0 radical (unpaired) electrons. The summed E-state index contributed by atoms with van der Waals surface area (Å²) in [6.45, 7) is 2.82. The molecule has 4 unspecified atom stereocenters. The normalized spacial score (nSPS) is 29.4. The fraction of sp³-hybridized carbons (Fsp3) is 0.571. The van der Waals surface area contributed by atoms with Crippen LogP contribution in [-0.4, -0.2) is 50.7 Å². The van der Waals surface area contributed by atoms with Gasteiger partial charge in [-0.2, -0.15) is 5.26 Å². The maximum atomic E-state index is 11.9. The maximum Gasteiger partial charge on any atom is 0.331 e. The number of aliphatic hydroxyl groups excluding tert-OH is 2. The molecule has 1 saturated heterocycles. The van der Waals surface area contributed by atoms with Crippen molar-refractivity contribution < 1.29 is 24.5 Å². The molecule has 0 aliphatic carbocycles. The third-order valence-electron chi connectivity index (χ3n) is 3.64. The van der Waals surface area contributed by atoms with Gasteiger partial charge in [-0.25, -0.2) is 4.79 Å². The number of nitriles is 1. The summed E-state index contributed by atoms with van der Waals surface area (Å²) < 4.78 is 11.0. The molecule has 0 amide bonds. The summed E-state index contributed by atoms with van der Waals surface area (Å²) in [4.78, 5) is 36.5. The minimum atomic E-state index is -2.25. The molecule has 130 valence electrons. The number of aromatic amines is 1. The average Bonchev–Trinajstić information content (AvgIpc) is 2.77. The van der Waals surface area contributed by atoms with Crippen molar-refractivity contribution in [1.82, 2.24) is 9.55 Å². The van der Waals surface area contributed by atoms with Gasteiger partial charge in [-0.1, -0.05) is 13.8 Å². The van der Waals surface area contributed by atoms with Crippen LogP contribution in [0.3, 0.4) is 0 Å². The smallest absolute Gasteiger partial charge is 0.331 e. The first-order valence-corrected chi connectivity index (χ1v) is 7.17. The summed E-state index contributed by atoms with van der Waals surface area (Å²) in [6, 6.07) is 2.61. The maximum absolute atomic E-state index is 11.9. The van der Waals surface area contributed by atoms with Gasteiger partial charge in [-0.15, -0.1) is 0 Å². The van der Waals surface area contributed by atoms with E-state index in [0.29, 0.717) is 4.57 Å². The van der Waals surface area contributed by atoms with Gasteiger partial charge in [0.2, 0.25) is 0 Å². The van der Waals surface area contributed by atoms with Crippen molar-refractivity contribution in [2.75, 3.05) is 6.61 Å². The first-order valence-electron chi connectivity index (χ1n) is 7.17. The van der Waals surface area contributed by atoms with E-state index in [4.69, 9.17) is 9.47 Å². The van der Waals surface area contributed by atoms with Crippen LogP contribution in [0.15, 0.2) is 21.9 Å². The molecule has 0 spiro atoms. The van der Waals surface area contributed by atoms with Crippen LogP contribution >= 0.6 is 0 Å². The van der Waals surface area contributed by atoms with Gasteiger partial charge in [0.25, 0.3) is 11.3 Å². The van der Waals surface area contributed by atoms with E-state index in [9.17, 15) is 29.9 Å². The lowest BCUT2D eigenvalue weighted by atomic mass is 10.0. The largest absolute Gasteiger partial charge is 0.463 e. The molecular formula is C14H17N3O7. The Kier molecular flexibility index (Phi) is 4.88. The van der Waals surface area contributed by atoms with E-state index in [0.717, 1.165) is 12.3 Å². The Morgan fingerprint density at radius 2 is 2.21 bits per heavy atom. The van der Waals surface area contributed by atoms with Gasteiger partial charge in [0.1, 0.15) is 31.0 Å². The van der Waals surface area contributed by atoms with Crippen LogP contribution in [0.2, 0.25) is 0 Å². The molecule has 0 bridgehead atoms. The fourth-order valence-corrected chi connectivity index (χ4v) is 2.29. The van der Waals surface area contributed by atoms with Gasteiger partial charge in [0.05, 0.1) is 5.92 Å². The molecule has 10 nitrogen and oxygen atoms in total. The summed E-state index contributed by atoms with van der Waals surface area (Å²) in [6.07, 6.45) is -3.62. The quantitative estimate of drug-likeness (QED) is 0.534. The first kappa shape index (κ1) is 17.9. The lowest BCUT2D eigenvalue weighted by Gasteiger charge is -2.26. The zero-order chi connectivity index (χ0) is 18.1. The number of ether oxygens (including phenoxy) is 2. The second kappa shape index (κ2) is 6.56.